The van der Waals surface area contributed by atoms with E-state index >= 15 is 0 Å². The van der Waals surface area contributed by atoms with Crippen LogP contribution in [0.3, 0.4) is 0 Å². The SMILES string of the molecule is NNc1cncc(C(=O)NCc2cnc[nH]2)n1. The van der Waals surface area contributed by atoms with Gasteiger partial charge in [0.25, 0.3) is 5.91 Å². The molecule has 0 saturated heterocycles. The van der Waals surface area contributed by atoms with Gasteiger partial charge in [-0.3, -0.25) is 9.78 Å². The number of carbonyl (C=O) groups is 1. The molecule has 5 N–H and O–H groups in total. The van der Waals surface area contributed by atoms with Crippen molar-refractivity contribution in [3.8, 4) is 0 Å². The Hall–Kier alpha value is -2.48. The monoisotopic (exact) mass is 233 g/mol. The zero-order valence-electron chi connectivity index (χ0n) is 8.84. The number of hydrogen-bond donors (Lipinski definition) is 4. The first-order valence-electron chi connectivity index (χ1n) is 4.83. The van der Waals surface area contributed by atoms with E-state index in [1.54, 1.807) is 12.5 Å². The number of hydrazine groups is 1. The van der Waals surface area contributed by atoms with E-state index in [1.807, 2.05) is 0 Å². The van der Waals surface area contributed by atoms with Gasteiger partial charge in [0, 0.05) is 6.20 Å². The predicted octanol–water partition coefficient (Wildman–Crippen LogP) is -0.585. The number of nitrogens with one attached hydrogen (secondary N) is 3. The van der Waals surface area contributed by atoms with E-state index in [-0.39, 0.29) is 11.6 Å². The summed E-state index contributed by atoms with van der Waals surface area (Å²) in [6.45, 7) is 0.348. The summed E-state index contributed by atoms with van der Waals surface area (Å²) in [5.74, 6) is 5.18. The zero-order valence-corrected chi connectivity index (χ0v) is 8.84. The van der Waals surface area contributed by atoms with Crippen molar-refractivity contribution in [2.24, 2.45) is 5.84 Å². The molecule has 0 saturated carbocycles. The van der Waals surface area contributed by atoms with Crippen molar-refractivity contribution in [2.45, 2.75) is 6.54 Å². The number of anilines is 1. The molecule has 2 heterocycles. The lowest BCUT2D eigenvalue weighted by molar-refractivity contribution is 0.0945. The molecular weight excluding hydrogens is 222 g/mol. The van der Waals surface area contributed by atoms with E-state index in [2.05, 4.69) is 30.7 Å². The fourth-order valence-electron chi connectivity index (χ4n) is 1.19. The van der Waals surface area contributed by atoms with Crippen LogP contribution in [0.5, 0.6) is 0 Å². The van der Waals surface area contributed by atoms with Crippen molar-refractivity contribution < 1.29 is 4.79 Å². The van der Waals surface area contributed by atoms with E-state index in [0.717, 1.165) is 5.69 Å². The normalized spacial score (nSPS) is 9.94. The average Bonchev–Trinajstić information content (AvgIpc) is 2.89. The van der Waals surface area contributed by atoms with Crippen molar-refractivity contribution in [1.82, 2.24) is 25.3 Å². The average molecular weight is 233 g/mol. The Balaban J connectivity index is 1.99. The standard InChI is InChI=1S/C9H11N7O/c10-16-8-4-11-3-7(15-8)9(17)13-2-6-1-12-5-14-6/h1,3-5H,2,10H2,(H,12,14)(H,13,17)(H,15,16). The van der Waals surface area contributed by atoms with Gasteiger partial charge in [-0.2, -0.15) is 0 Å². The molecule has 0 atom stereocenters. The van der Waals surface area contributed by atoms with E-state index in [4.69, 9.17) is 5.84 Å². The fraction of sp³-hybridized carbons (Fsp3) is 0.111. The van der Waals surface area contributed by atoms with Gasteiger partial charge < -0.3 is 15.7 Å². The van der Waals surface area contributed by atoms with Gasteiger partial charge in [0.1, 0.15) is 5.69 Å². The molecule has 0 aliphatic heterocycles. The molecule has 2 rings (SSSR count). The number of nitrogens with two attached hydrogens (primary N) is 1. The molecule has 0 radical (unpaired) electrons. The Bertz CT molecular complexity index is 496. The van der Waals surface area contributed by atoms with Crippen LogP contribution in [0.15, 0.2) is 24.9 Å². The number of aromatic amines is 1. The van der Waals surface area contributed by atoms with Crippen LogP contribution in [0.1, 0.15) is 16.2 Å². The summed E-state index contributed by atoms with van der Waals surface area (Å²) >= 11 is 0. The van der Waals surface area contributed by atoms with Crippen LogP contribution in [0, 0.1) is 0 Å². The number of aromatic nitrogens is 4. The summed E-state index contributed by atoms with van der Waals surface area (Å²) in [4.78, 5) is 26.2. The summed E-state index contributed by atoms with van der Waals surface area (Å²) in [6, 6.07) is 0. The Labute approximate surface area is 96.7 Å². The van der Waals surface area contributed by atoms with Gasteiger partial charge in [-0.25, -0.2) is 15.8 Å². The molecule has 2 aromatic rings. The molecule has 8 heteroatoms. The first-order valence-corrected chi connectivity index (χ1v) is 4.83. The van der Waals surface area contributed by atoms with Crippen LogP contribution in [0.4, 0.5) is 5.82 Å². The van der Waals surface area contributed by atoms with E-state index in [9.17, 15) is 4.79 Å². The molecule has 0 fully saturated rings. The maximum atomic E-state index is 11.7. The lowest BCUT2D eigenvalue weighted by Gasteiger charge is -2.04. The van der Waals surface area contributed by atoms with Crippen LogP contribution in [-0.2, 0) is 6.54 Å². The quantitative estimate of drug-likeness (QED) is 0.414. The van der Waals surface area contributed by atoms with Gasteiger partial charge in [0.05, 0.1) is 31.0 Å². The molecule has 17 heavy (non-hydrogen) atoms. The lowest BCUT2D eigenvalue weighted by atomic mass is 10.4. The number of imidazole rings is 1. The molecule has 0 spiro atoms. The van der Waals surface area contributed by atoms with Crippen LogP contribution < -0.4 is 16.6 Å². The minimum Gasteiger partial charge on any atom is -0.347 e. The maximum absolute atomic E-state index is 11.7. The van der Waals surface area contributed by atoms with Crippen molar-refractivity contribution in [1.29, 1.82) is 0 Å². The third kappa shape index (κ3) is 2.75. The Morgan fingerprint density at radius 2 is 2.24 bits per heavy atom. The van der Waals surface area contributed by atoms with Crippen LogP contribution in [0.2, 0.25) is 0 Å². The van der Waals surface area contributed by atoms with Crippen molar-refractivity contribution in [3.05, 3.63) is 36.3 Å². The highest BCUT2D eigenvalue weighted by Crippen LogP contribution is 2.00. The van der Waals surface area contributed by atoms with Gasteiger partial charge in [0.2, 0.25) is 0 Å². The minimum absolute atomic E-state index is 0.194. The van der Waals surface area contributed by atoms with Crippen molar-refractivity contribution >= 4 is 11.7 Å². The number of amides is 1. The van der Waals surface area contributed by atoms with Gasteiger partial charge in [-0.1, -0.05) is 0 Å². The van der Waals surface area contributed by atoms with E-state index < -0.39 is 0 Å². The zero-order chi connectivity index (χ0) is 12.1. The van der Waals surface area contributed by atoms with Crippen molar-refractivity contribution in [2.75, 3.05) is 5.43 Å². The van der Waals surface area contributed by atoms with Gasteiger partial charge in [-0.15, -0.1) is 0 Å². The number of nitrogen functional groups attached to an aromatic ring is 1. The largest absolute Gasteiger partial charge is 0.347 e. The number of rotatable bonds is 4. The second-order valence-electron chi connectivity index (χ2n) is 3.19. The molecule has 0 aromatic carbocycles. The second-order valence-corrected chi connectivity index (χ2v) is 3.19. The maximum Gasteiger partial charge on any atom is 0.271 e. The molecule has 88 valence electrons. The van der Waals surface area contributed by atoms with Crippen LogP contribution in [0.25, 0.3) is 0 Å². The molecule has 1 amide bonds. The predicted molar refractivity (Wildman–Crippen MR) is 59.6 cm³/mol. The first-order chi connectivity index (χ1) is 8.29. The van der Waals surface area contributed by atoms with Crippen LogP contribution >= 0.6 is 0 Å². The van der Waals surface area contributed by atoms with Gasteiger partial charge in [0.15, 0.2) is 5.82 Å². The summed E-state index contributed by atoms with van der Waals surface area (Å²) in [6.07, 6.45) is 5.96. The Morgan fingerprint density at radius 3 is 2.94 bits per heavy atom. The van der Waals surface area contributed by atoms with E-state index in [0.29, 0.717) is 12.4 Å². The molecular formula is C9H11N7O. The molecule has 8 nitrogen and oxygen atoms in total. The Morgan fingerprint density at radius 1 is 1.35 bits per heavy atom. The summed E-state index contributed by atoms with van der Waals surface area (Å²) < 4.78 is 0. The number of H-pyrrole nitrogens is 1. The summed E-state index contributed by atoms with van der Waals surface area (Å²) in [5, 5.41) is 2.67. The van der Waals surface area contributed by atoms with Gasteiger partial charge >= 0.3 is 0 Å². The highest BCUT2D eigenvalue weighted by molar-refractivity contribution is 5.92. The molecule has 0 aliphatic rings. The third-order valence-corrected chi connectivity index (χ3v) is 2.01. The third-order valence-electron chi connectivity index (χ3n) is 2.01. The topological polar surface area (TPSA) is 122 Å². The molecule has 2 aromatic heterocycles. The first kappa shape index (κ1) is 11.0. The molecule has 0 aliphatic carbocycles. The van der Waals surface area contributed by atoms with E-state index in [1.165, 1.54) is 12.4 Å². The lowest BCUT2D eigenvalue weighted by Crippen LogP contribution is -2.24. The second kappa shape index (κ2) is 5.03. The highest BCUT2D eigenvalue weighted by Gasteiger charge is 2.08. The van der Waals surface area contributed by atoms with Gasteiger partial charge in [-0.05, 0) is 0 Å². The molecule has 0 unspecified atom stereocenters. The summed E-state index contributed by atoms with van der Waals surface area (Å²) in [7, 11) is 0. The number of nitrogens with zero attached hydrogens (tertiary/aromatic N) is 3. The van der Waals surface area contributed by atoms with Crippen LogP contribution in [-0.4, -0.2) is 25.8 Å². The fourth-order valence-corrected chi connectivity index (χ4v) is 1.19. The summed E-state index contributed by atoms with van der Waals surface area (Å²) in [5.41, 5.74) is 3.32. The minimum atomic E-state index is -0.329. The molecule has 0 bridgehead atoms. The number of hydrogen-bond acceptors (Lipinski definition) is 6. The Kier molecular flexibility index (Phi) is 3.26. The van der Waals surface area contributed by atoms with Crippen molar-refractivity contribution in [3.63, 3.8) is 0 Å². The number of carbonyl (C=O) groups excluding carboxylic acids is 1. The highest BCUT2D eigenvalue weighted by atomic mass is 16.1. The smallest absolute Gasteiger partial charge is 0.271 e.